The van der Waals surface area contributed by atoms with Crippen LogP contribution in [-0.2, 0) is 11.8 Å². The van der Waals surface area contributed by atoms with Crippen LogP contribution in [0.3, 0.4) is 0 Å². The van der Waals surface area contributed by atoms with E-state index < -0.39 is 17.5 Å². The van der Waals surface area contributed by atoms with Crippen LogP contribution in [0.5, 0.6) is 0 Å². The molecule has 1 fully saturated rings. The normalized spacial score (nSPS) is 17.6. The number of amides is 2. The molecular weight excluding hydrogens is 248 g/mol. The molecule has 3 N–H and O–H groups in total. The third-order valence-corrected chi connectivity index (χ3v) is 3.47. The van der Waals surface area contributed by atoms with Crippen LogP contribution in [0, 0.1) is 12.8 Å². The van der Waals surface area contributed by atoms with Crippen LogP contribution in [-0.4, -0.2) is 32.4 Å². The minimum atomic E-state index is -1.21. The second kappa shape index (κ2) is 4.56. The summed E-state index contributed by atoms with van der Waals surface area (Å²) in [7, 11) is 1.75. The number of nitrogens with one attached hydrogen (secondary N) is 2. The first-order valence-corrected chi connectivity index (χ1v) is 6.15. The number of rotatable bonds is 4. The van der Waals surface area contributed by atoms with E-state index in [9.17, 15) is 14.7 Å². The summed E-state index contributed by atoms with van der Waals surface area (Å²) in [5.41, 5.74) is 0.0462. The second-order valence-corrected chi connectivity index (χ2v) is 5.16. The molecule has 1 aromatic heterocycles. The van der Waals surface area contributed by atoms with Gasteiger partial charge in [0.05, 0.1) is 11.4 Å². The third-order valence-electron chi connectivity index (χ3n) is 3.47. The van der Waals surface area contributed by atoms with Crippen molar-refractivity contribution in [3.05, 3.63) is 11.9 Å². The summed E-state index contributed by atoms with van der Waals surface area (Å²) < 4.78 is 1.59. The second-order valence-electron chi connectivity index (χ2n) is 5.16. The lowest BCUT2D eigenvalue weighted by Crippen LogP contribution is -2.55. The molecule has 1 atom stereocenters. The van der Waals surface area contributed by atoms with Crippen molar-refractivity contribution in [1.82, 2.24) is 15.1 Å². The number of carbonyl (C=O) groups excluding carboxylic acids is 1. The summed E-state index contributed by atoms with van der Waals surface area (Å²) in [6.07, 6.45) is 3.33. The van der Waals surface area contributed by atoms with Crippen molar-refractivity contribution in [3.63, 3.8) is 0 Å². The Morgan fingerprint density at radius 3 is 2.58 bits per heavy atom. The summed E-state index contributed by atoms with van der Waals surface area (Å²) >= 11 is 0. The van der Waals surface area contributed by atoms with E-state index in [0.29, 0.717) is 11.4 Å². The lowest BCUT2D eigenvalue weighted by atomic mass is 9.96. The number of hydrogen-bond acceptors (Lipinski definition) is 3. The molecule has 1 aliphatic rings. The van der Waals surface area contributed by atoms with Gasteiger partial charge in [0.2, 0.25) is 0 Å². The zero-order chi connectivity index (χ0) is 14.2. The van der Waals surface area contributed by atoms with Crippen LogP contribution in [0.15, 0.2) is 6.20 Å². The van der Waals surface area contributed by atoms with Gasteiger partial charge in [-0.05, 0) is 32.6 Å². The molecule has 0 spiro atoms. The molecule has 0 aromatic carbocycles. The molecule has 1 aromatic rings. The lowest BCUT2D eigenvalue weighted by Gasteiger charge is -2.26. The molecule has 1 saturated carbocycles. The Bertz CT molecular complexity index is 521. The molecule has 104 valence electrons. The van der Waals surface area contributed by atoms with E-state index in [0.717, 1.165) is 12.8 Å². The van der Waals surface area contributed by atoms with Crippen LogP contribution in [0.25, 0.3) is 0 Å². The molecule has 0 saturated heterocycles. The SMILES string of the molecule is Cc1nn(C)cc1NC(=O)NC(C)(C(=O)O)C1CC1. The topological polar surface area (TPSA) is 96.3 Å². The first-order chi connectivity index (χ1) is 8.83. The Labute approximate surface area is 111 Å². The van der Waals surface area contributed by atoms with Gasteiger partial charge in [0.15, 0.2) is 0 Å². The molecule has 1 aliphatic carbocycles. The molecule has 0 aliphatic heterocycles. The molecule has 2 rings (SSSR count). The Kier molecular flexibility index (Phi) is 3.21. The fourth-order valence-electron chi connectivity index (χ4n) is 2.10. The number of nitrogens with zero attached hydrogens (tertiary/aromatic N) is 2. The number of carboxylic acid groups (broad SMARTS) is 1. The Morgan fingerprint density at radius 2 is 2.16 bits per heavy atom. The average molecular weight is 266 g/mol. The maximum absolute atomic E-state index is 11.9. The van der Waals surface area contributed by atoms with Crippen molar-refractivity contribution in [2.45, 2.75) is 32.2 Å². The maximum atomic E-state index is 11.9. The van der Waals surface area contributed by atoms with Gasteiger partial charge in [-0.2, -0.15) is 5.10 Å². The molecule has 2 amide bonds. The number of aryl methyl sites for hydroxylation is 2. The monoisotopic (exact) mass is 266 g/mol. The summed E-state index contributed by atoms with van der Waals surface area (Å²) in [6, 6.07) is -0.520. The molecule has 7 nitrogen and oxygen atoms in total. The number of anilines is 1. The zero-order valence-corrected chi connectivity index (χ0v) is 11.2. The van der Waals surface area contributed by atoms with Crippen molar-refractivity contribution in [2.75, 3.05) is 5.32 Å². The quantitative estimate of drug-likeness (QED) is 0.760. The Balaban J connectivity index is 2.04. The molecule has 0 bridgehead atoms. The van der Waals surface area contributed by atoms with Crippen LogP contribution >= 0.6 is 0 Å². The molecule has 1 heterocycles. The summed E-state index contributed by atoms with van der Waals surface area (Å²) in [5.74, 6) is -1.00. The van der Waals surface area contributed by atoms with Gasteiger partial charge in [0.1, 0.15) is 5.54 Å². The van der Waals surface area contributed by atoms with Gasteiger partial charge in [-0.1, -0.05) is 0 Å². The molecule has 7 heteroatoms. The van der Waals surface area contributed by atoms with Gasteiger partial charge in [0.25, 0.3) is 0 Å². The van der Waals surface area contributed by atoms with E-state index in [1.165, 1.54) is 0 Å². The number of carbonyl (C=O) groups is 2. The standard InChI is InChI=1S/C12H18N4O3/c1-7-9(6-16(3)15-7)13-11(19)14-12(2,10(17)18)8-4-5-8/h6,8H,4-5H2,1-3H3,(H,17,18)(H2,13,14,19). The van der Waals surface area contributed by atoms with Crippen LogP contribution < -0.4 is 10.6 Å². The van der Waals surface area contributed by atoms with Gasteiger partial charge in [-0.25, -0.2) is 9.59 Å². The minimum absolute atomic E-state index is 0.00532. The highest BCUT2D eigenvalue weighted by Gasteiger charge is 2.48. The Hall–Kier alpha value is -2.05. The number of aromatic nitrogens is 2. The van der Waals surface area contributed by atoms with Crippen molar-refractivity contribution < 1.29 is 14.7 Å². The van der Waals surface area contributed by atoms with Crippen molar-refractivity contribution >= 4 is 17.7 Å². The first-order valence-electron chi connectivity index (χ1n) is 6.15. The maximum Gasteiger partial charge on any atom is 0.329 e. The molecular formula is C12H18N4O3. The molecule has 0 radical (unpaired) electrons. The zero-order valence-electron chi connectivity index (χ0n) is 11.2. The van der Waals surface area contributed by atoms with Gasteiger partial charge >= 0.3 is 12.0 Å². The van der Waals surface area contributed by atoms with Crippen molar-refractivity contribution in [1.29, 1.82) is 0 Å². The van der Waals surface area contributed by atoms with Gasteiger partial charge in [-0.3, -0.25) is 4.68 Å². The first kappa shape index (κ1) is 13.4. The van der Waals surface area contributed by atoms with Gasteiger partial charge in [0, 0.05) is 13.2 Å². The third kappa shape index (κ3) is 2.69. The summed E-state index contributed by atoms with van der Waals surface area (Å²) in [4.78, 5) is 23.2. The predicted octanol–water partition coefficient (Wildman–Crippen LogP) is 1.10. The van der Waals surface area contributed by atoms with E-state index in [2.05, 4.69) is 15.7 Å². The van der Waals surface area contributed by atoms with Crippen LogP contribution in [0.1, 0.15) is 25.5 Å². The van der Waals surface area contributed by atoms with Gasteiger partial charge < -0.3 is 15.7 Å². The number of hydrogen-bond donors (Lipinski definition) is 3. The van der Waals surface area contributed by atoms with Crippen LogP contribution in [0.2, 0.25) is 0 Å². The van der Waals surface area contributed by atoms with Gasteiger partial charge in [-0.15, -0.1) is 0 Å². The fraction of sp³-hybridized carbons (Fsp3) is 0.583. The van der Waals surface area contributed by atoms with Crippen molar-refractivity contribution in [2.24, 2.45) is 13.0 Å². The minimum Gasteiger partial charge on any atom is -0.480 e. The average Bonchev–Trinajstić information content (AvgIpc) is 3.07. The number of urea groups is 1. The van der Waals surface area contributed by atoms with Crippen LogP contribution in [0.4, 0.5) is 10.5 Å². The van der Waals surface area contributed by atoms with E-state index in [4.69, 9.17) is 0 Å². The lowest BCUT2D eigenvalue weighted by molar-refractivity contribution is -0.144. The smallest absolute Gasteiger partial charge is 0.329 e. The van der Waals surface area contributed by atoms with E-state index in [1.807, 2.05) is 0 Å². The highest BCUT2D eigenvalue weighted by Crippen LogP contribution is 2.39. The highest BCUT2D eigenvalue weighted by molar-refractivity contribution is 5.94. The van der Waals surface area contributed by atoms with E-state index in [1.54, 1.807) is 31.8 Å². The van der Waals surface area contributed by atoms with Crippen molar-refractivity contribution in [3.8, 4) is 0 Å². The molecule has 1 unspecified atom stereocenters. The summed E-state index contributed by atoms with van der Waals surface area (Å²) in [6.45, 7) is 3.32. The fourth-order valence-corrected chi connectivity index (χ4v) is 2.10. The summed E-state index contributed by atoms with van der Waals surface area (Å²) in [5, 5.41) is 18.5. The predicted molar refractivity (Wildman–Crippen MR) is 68.9 cm³/mol. The molecule has 19 heavy (non-hydrogen) atoms. The number of carboxylic acids is 1. The highest BCUT2D eigenvalue weighted by atomic mass is 16.4. The number of aliphatic carboxylic acids is 1. The largest absolute Gasteiger partial charge is 0.480 e. The van der Waals surface area contributed by atoms with E-state index in [-0.39, 0.29) is 5.92 Å². The Morgan fingerprint density at radius 1 is 1.53 bits per heavy atom. The van der Waals surface area contributed by atoms with E-state index >= 15 is 0 Å².